The van der Waals surface area contributed by atoms with E-state index in [1.807, 2.05) is 78.5 Å². The van der Waals surface area contributed by atoms with Crippen molar-refractivity contribution in [3.8, 4) is 17.1 Å². The van der Waals surface area contributed by atoms with Crippen molar-refractivity contribution >= 4 is 57.6 Å². The van der Waals surface area contributed by atoms with Crippen LogP contribution in [0, 0.1) is 0 Å². The van der Waals surface area contributed by atoms with Crippen LogP contribution in [0.3, 0.4) is 0 Å². The van der Waals surface area contributed by atoms with E-state index in [0.717, 1.165) is 17.1 Å². The maximum atomic E-state index is 6.31. The zero-order valence-corrected chi connectivity index (χ0v) is 21.0. The molecule has 2 aromatic carbocycles. The fourth-order valence-electron chi connectivity index (χ4n) is 2.88. The Kier molecular flexibility index (Phi) is 8.59. The molecule has 1 unspecified atom stereocenters. The first-order valence-corrected chi connectivity index (χ1v) is 11.9. The number of alkyl halides is 3. The minimum atomic E-state index is -1.76. The van der Waals surface area contributed by atoms with Gasteiger partial charge >= 0.3 is 17.0 Å². The summed E-state index contributed by atoms with van der Waals surface area (Å²) in [6.45, 7) is 4.41. The summed E-state index contributed by atoms with van der Waals surface area (Å²) in [5.41, 5.74) is 1.94. The Bertz CT molecular complexity index is 962. The number of benzene rings is 2. The quantitative estimate of drug-likeness (QED) is 0.177. The molecule has 0 saturated heterocycles. The number of hydrogen-bond acceptors (Lipinski definition) is 6. The maximum absolute atomic E-state index is 6.31. The van der Waals surface area contributed by atoms with Crippen LogP contribution >= 0.6 is 46.3 Å². The van der Waals surface area contributed by atoms with E-state index in [0.29, 0.717) is 18.3 Å². The van der Waals surface area contributed by atoms with Crippen LogP contribution in [0.25, 0.3) is 17.1 Å². The molecule has 0 aliphatic carbocycles. The van der Waals surface area contributed by atoms with Gasteiger partial charge in [-0.25, -0.2) is 0 Å². The van der Waals surface area contributed by atoms with Crippen LogP contribution in [-0.4, -0.2) is 41.3 Å². The number of aliphatic imine (C=N–C) groups is 1. The van der Waals surface area contributed by atoms with Gasteiger partial charge in [-0.2, -0.15) is 4.99 Å². The molecule has 6 nitrogen and oxygen atoms in total. The first-order valence-electron chi connectivity index (χ1n) is 10.0. The Morgan fingerprint density at radius 2 is 1.59 bits per heavy atom. The van der Waals surface area contributed by atoms with Gasteiger partial charge in [0.1, 0.15) is 17.2 Å². The fourth-order valence-corrected chi connectivity index (χ4v) is 4.44. The number of rotatable bonds is 7. The molecule has 0 aliphatic heterocycles. The molecule has 0 fully saturated rings. The molecule has 1 aromatic heterocycles. The van der Waals surface area contributed by atoms with E-state index in [1.54, 1.807) is 11.9 Å². The molecule has 0 spiro atoms. The van der Waals surface area contributed by atoms with Crippen molar-refractivity contribution in [2.24, 2.45) is 4.99 Å². The second kappa shape index (κ2) is 11.2. The highest BCUT2D eigenvalue weighted by Gasteiger charge is 2.41. The summed E-state index contributed by atoms with van der Waals surface area (Å²) in [7, 11) is 1.77. The summed E-state index contributed by atoms with van der Waals surface area (Å²) < 4.78 is 11.2. The minimum absolute atomic E-state index is 0.0638. The van der Waals surface area contributed by atoms with Crippen LogP contribution in [0.5, 0.6) is 0 Å². The lowest BCUT2D eigenvalue weighted by atomic mass is 10.2. The highest BCUT2D eigenvalue weighted by atomic mass is 35.6. The number of para-hydroxylation sites is 1. The molecule has 1 atom stereocenters. The van der Waals surface area contributed by atoms with Gasteiger partial charge in [0.05, 0.1) is 18.8 Å². The molecule has 10 heteroatoms. The molecule has 3 aromatic rings. The van der Waals surface area contributed by atoms with Crippen molar-refractivity contribution < 1.29 is 13.4 Å². The van der Waals surface area contributed by atoms with Gasteiger partial charge in [0.2, 0.25) is 3.79 Å². The zero-order chi connectivity index (χ0) is 23.1. The molecule has 0 radical (unpaired) electrons. The lowest BCUT2D eigenvalue weighted by Crippen LogP contribution is -2.41. The number of anilines is 1. The number of hydrogen-bond donors (Lipinski definition) is 0. The summed E-state index contributed by atoms with van der Waals surface area (Å²) >= 11 is 20.3. The summed E-state index contributed by atoms with van der Waals surface area (Å²) in [6, 6.07) is 19.9. The normalized spacial score (nSPS) is 12.2. The third-order valence-corrected chi connectivity index (χ3v) is 6.01. The van der Waals surface area contributed by atoms with E-state index in [-0.39, 0.29) is 6.08 Å². The summed E-state index contributed by atoms with van der Waals surface area (Å²) in [6.07, 6.45) is -0.867. The van der Waals surface area contributed by atoms with Gasteiger partial charge in [0.25, 0.3) is 0 Å². The van der Waals surface area contributed by atoms with Crippen molar-refractivity contribution in [1.29, 1.82) is 0 Å². The second-order valence-electron chi connectivity index (χ2n) is 6.59. The molecule has 3 rings (SSSR count). The minimum Gasteiger partial charge on any atom is -0.451 e. The molecule has 0 saturated carbocycles. The molecule has 1 heterocycles. The summed E-state index contributed by atoms with van der Waals surface area (Å²) in [4.78, 5) is 11.0. The van der Waals surface area contributed by atoms with E-state index >= 15 is 0 Å². The Hall–Kier alpha value is -2.06. The van der Waals surface area contributed by atoms with Gasteiger partial charge in [0.15, 0.2) is 6.17 Å². The topological polar surface area (TPSA) is 50.8 Å². The van der Waals surface area contributed by atoms with E-state index < -0.39 is 9.96 Å². The van der Waals surface area contributed by atoms with E-state index in [4.69, 9.17) is 49.3 Å². The average Bonchev–Trinajstić information content (AvgIpc) is 3.23. The van der Waals surface area contributed by atoms with Crippen molar-refractivity contribution in [3.05, 3.63) is 60.7 Å². The van der Waals surface area contributed by atoms with Crippen molar-refractivity contribution in [1.82, 2.24) is 4.98 Å². The van der Waals surface area contributed by atoms with Crippen LogP contribution in [0.1, 0.15) is 13.8 Å². The van der Waals surface area contributed by atoms with E-state index in [9.17, 15) is 0 Å². The van der Waals surface area contributed by atoms with Gasteiger partial charge in [-0.15, -0.1) is 3.96 Å². The number of halogens is 3. The summed E-state index contributed by atoms with van der Waals surface area (Å²) in [5.74, 6) is 0.769. The maximum Gasteiger partial charge on any atom is 0.385 e. The van der Waals surface area contributed by atoms with Crippen LogP contribution < -0.4 is 8.86 Å². The lowest BCUT2D eigenvalue weighted by Gasteiger charge is -2.27. The van der Waals surface area contributed by atoms with Gasteiger partial charge in [-0.1, -0.05) is 71.2 Å². The molecule has 0 bridgehead atoms. The lowest BCUT2D eigenvalue weighted by molar-refractivity contribution is -0.509. The predicted molar refractivity (Wildman–Crippen MR) is 132 cm³/mol. The smallest absolute Gasteiger partial charge is 0.385 e. The molecule has 0 amide bonds. The van der Waals surface area contributed by atoms with Crippen LogP contribution in [-0.2, 0) is 9.47 Å². The van der Waals surface area contributed by atoms with Crippen LogP contribution in [0.2, 0.25) is 0 Å². The Balaban J connectivity index is 2.08. The molecular formula is C22H24Cl3N4O2S+. The van der Waals surface area contributed by atoms with Crippen molar-refractivity contribution in [2.75, 3.05) is 25.2 Å². The monoisotopic (exact) mass is 513 g/mol. The van der Waals surface area contributed by atoms with Crippen molar-refractivity contribution in [3.63, 3.8) is 0 Å². The van der Waals surface area contributed by atoms with Gasteiger partial charge in [-0.3, -0.25) is 0 Å². The standard InChI is InChI=1S/C22H24Cl3N4O2S/c1-4-30-21(31-5-2)27-19(22(23,24)25)28(3)20-26-18(16-12-8-6-9-13-16)29(32-20)17-14-10-7-11-15-17/h6-15,19H,4-5H2,1-3H3/q+1. The van der Waals surface area contributed by atoms with E-state index in [2.05, 4.69) is 4.99 Å². The van der Waals surface area contributed by atoms with E-state index in [1.165, 1.54) is 11.5 Å². The first-order chi connectivity index (χ1) is 15.3. The zero-order valence-electron chi connectivity index (χ0n) is 17.9. The van der Waals surface area contributed by atoms with Gasteiger partial charge < -0.3 is 14.4 Å². The highest BCUT2D eigenvalue weighted by molar-refractivity contribution is 7.06. The number of ether oxygens (including phenoxy) is 2. The number of nitrogens with zero attached hydrogens (tertiary/aromatic N) is 4. The third kappa shape index (κ3) is 6.04. The van der Waals surface area contributed by atoms with Crippen molar-refractivity contribution in [2.45, 2.75) is 23.8 Å². The Morgan fingerprint density at radius 1 is 1.03 bits per heavy atom. The third-order valence-electron chi connectivity index (χ3n) is 4.31. The molecule has 0 aliphatic rings. The highest BCUT2D eigenvalue weighted by Crippen LogP contribution is 2.37. The summed E-state index contributed by atoms with van der Waals surface area (Å²) in [5, 5.41) is 0.611. The fraction of sp³-hybridized carbons (Fsp3) is 0.318. The molecular weight excluding hydrogens is 491 g/mol. The van der Waals surface area contributed by atoms with Gasteiger partial charge in [-0.05, 0) is 43.1 Å². The molecule has 32 heavy (non-hydrogen) atoms. The molecule has 0 N–H and O–H groups in total. The Morgan fingerprint density at radius 3 is 2.12 bits per heavy atom. The molecule has 170 valence electrons. The number of aromatic nitrogens is 2. The van der Waals surface area contributed by atoms with Gasteiger partial charge in [0, 0.05) is 7.05 Å². The Labute approximate surface area is 207 Å². The first kappa shape index (κ1) is 24.6. The second-order valence-corrected chi connectivity index (χ2v) is 9.87. The predicted octanol–water partition coefficient (Wildman–Crippen LogP) is 5.65. The SMILES string of the molecule is CCOC(=NC(N(C)c1nc(-c2ccccc2)[n+](-c2ccccc2)s1)C(Cl)(Cl)Cl)OCC. The van der Waals surface area contributed by atoms with Crippen LogP contribution in [0.15, 0.2) is 65.7 Å². The van der Waals surface area contributed by atoms with Crippen LogP contribution in [0.4, 0.5) is 5.13 Å². The average molecular weight is 515 g/mol. The largest absolute Gasteiger partial charge is 0.451 e.